The smallest absolute Gasteiger partial charge is 0.481 e. The van der Waals surface area contributed by atoms with E-state index in [1.807, 2.05) is 0 Å². The Balaban J connectivity index is 0.000000631. The Morgan fingerprint density at radius 3 is 2.28 bits per heavy atom. The number of carbonyl (C=O) groups is 1. The third kappa shape index (κ3) is 6.03. The van der Waals surface area contributed by atoms with Crippen molar-refractivity contribution in [3.05, 3.63) is 24.5 Å². The predicted octanol–water partition coefficient (Wildman–Crippen LogP) is 1.40. The van der Waals surface area contributed by atoms with Crippen LogP contribution in [0.1, 0.15) is 6.92 Å². The molecule has 0 unspecified atom stereocenters. The fourth-order valence-corrected chi connectivity index (χ4v) is 1.02. The highest BCUT2D eigenvalue weighted by molar-refractivity contribution is 7.87. The lowest BCUT2D eigenvalue weighted by atomic mass is 10.5. The largest absolute Gasteiger partial charge is 0.534 e. The van der Waals surface area contributed by atoms with E-state index in [1.165, 1.54) is 12.3 Å². The number of pyridine rings is 1. The number of carboxylic acid groups (broad SMARTS) is 1. The molecule has 0 saturated heterocycles. The molecule has 0 radical (unpaired) electrons. The lowest BCUT2D eigenvalue weighted by molar-refractivity contribution is -0.134. The van der Waals surface area contributed by atoms with Crippen molar-refractivity contribution in [3.8, 4) is 5.75 Å². The van der Waals surface area contributed by atoms with Crippen LogP contribution in [0.25, 0.3) is 0 Å². The number of nitrogens with zero attached hydrogens (tertiary/aromatic N) is 1. The molecule has 0 aromatic carbocycles. The molecule has 18 heavy (non-hydrogen) atoms. The summed E-state index contributed by atoms with van der Waals surface area (Å²) in [5.41, 5.74) is -5.43. The molecule has 1 rings (SSSR count). The van der Waals surface area contributed by atoms with E-state index in [2.05, 4.69) is 9.17 Å². The summed E-state index contributed by atoms with van der Waals surface area (Å²) in [5, 5.41) is 7.42. The topological polar surface area (TPSA) is 93.6 Å². The molecule has 0 aliphatic heterocycles. The van der Waals surface area contributed by atoms with Crippen LogP contribution >= 0.6 is 0 Å². The third-order valence-electron chi connectivity index (χ3n) is 1.12. The van der Waals surface area contributed by atoms with Crippen LogP contribution < -0.4 is 4.18 Å². The fraction of sp³-hybridized carbons (Fsp3) is 0.250. The lowest BCUT2D eigenvalue weighted by Crippen LogP contribution is -2.28. The lowest BCUT2D eigenvalue weighted by Gasteiger charge is -2.08. The molecule has 0 aliphatic rings. The summed E-state index contributed by atoms with van der Waals surface area (Å²) < 4.78 is 60.0. The van der Waals surface area contributed by atoms with Crippen LogP contribution in [-0.2, 0) is 14.9 Å². The molecular formula is C8H8F3NO5S. The van der Waals surface area contributed by atoms with Crippen molar-refractivity contribution in [2.45, 2.75) is 12.4 Å². The van der Waals surface area contributed by atoms with Gasteiger partial charge in [-0.25, -0.2) is 0 Å². The van der Waals surface area contributed by atoms with Gasteiger partial charge in [-0.05, 0) is 12.1 Å². The molecule has 0 saturated carbocycles. The van der Waals surface area contributed by atoms with Gasteiger partial charge in [0.1, 0.15) is 0 Å². The van der Waals surface area contributed by atoms with Gasteiger partial charge >= 0.3 is 15.6 Å². The molecule has 1 aromatic rings. The van der Waals surface area contributed by atoms with Gasteiger partial charge in [-0.3, -0.25) is 9.78 Å². The maximum atomic E-state index is 11.8. The molecule has 0 aliphatic carbocycles. The van der Waals surface area contributed by atoms with Gasteiger partial charge in [-0.1, -0.05) is 0 Å². The van der Waals surface area contributed by atoms with E-state index in [0.29, 0.717) is 0 Å². The number of halogens is 3. The van der Waals surface area contributed by atoms with E-state index in [4.69, 9.17) is 9.90 Å². The number of carboxylic acids is 1. The average Bonchev–Trinajstić information content (AvgIpc) is 2.15. The Bertz CT molecular complexity index is 481. The SMILES string of the molecule is CC(=O)O.O=S(=O)(Oc1cccnc1)C(F)(F)F. The highest BCUT2D eigenvalue weighted by Crippen LogP contribution is 2.26. The molecule has 10 heteroatoms. The Kier molecular flexibility index (Phi) is 5.56. The van der Waals surface area contributed by atoms with E-state index in [1.54, 1.807) is 0 Å². The van der Waals surface area contributed by atoms with E-state index in [9.17, 15) is 21.6 Å². The molecule has 0 amide bonds. The summed E-state index contributed by atoms with van der Waals surface area (Å²) in [4.78, 5) is 12.4. The predicted molar refractivity (Wildman–Crippen MR) is 53.1 cm³/mol. The van der Waals surface area contributed by atoms with Crippen molar-refractivity contribution in [3.63, 3.8) is 0 Å². The molecule has 1 aromatic heterocycles. The zero-order valence-electron chi connectivity index (χ0n) is 8.88. The molecule has 1 heterocycles. The van der Waals surface area contributed by atoms with Crippen LogP contribution in [-0.4, -0.2) is 30.0 Å². The molecule has 0 fully saturated rings. The van der Waals surface area contributed by atoms with Crippen LogP contribution in [0.3, 0.4) is 0 Å². The van der Waals surface area contributed by atoms with Crippen molar-refractivity contribution in [2.24, 2.45) is 0 Å². The summed E-state index contributed by atoms with van der Waals surface area (Å²) in [5.74, 6) is -1.31. The minimum atomic E-state index is -5.59. The van der Waals surface area contributed by atoms with Crippen LogP contribution in [0, 0.1) is 0 Å². The van der Waals surface area contributed by atoms with E-state index in [-0.39, 0.29) is 0 Å². The van der Waals surface area contributed by atoms with Crippen LogP contribution in [0.4, 0.5) is 13.2 Å². The molecule has 6 nitrogen and oxygen atoms in total. The number of alkyl halides is 3. The first kappa shape index (κ1) is 16.2. The molecule has 1 N–H and O–H groups in total. The third-order valence-corrected chi connectivity index (χ3v) is 2.10. The quantitative estimate of drug-likeness (QED) is 0.652. The first-order chi connectivity index (χ1) is 8.06. The van der Waals surface area contributed by atoms with Crippen molar-refractivity contribution in [1.82, 2.24) is 4.98 Å². The van der Waals surface area contributed by atoms with Crippen LogP contribution in [0.2, 0.25) is 0 Å². The minimum absolute atomic E-state index is 0.482. The number of aromatic nitrogens is 1. The average molecular weight is 287 g/mol. The second kappa shape index (κ2) is 6.19. The first-order valence-corrected chi connectivity index (χ1v) is 5.57. The van der Waals surface area contributed by atoms with E-state index >= 15 is 0 Å². The van der Waals surface area contributed by atoms with E-state index in [0.717, 1.165) is 19.2 Å². The normalized spacial score (nSPS) is 11.1. The number of rotatable bonds is 2. The molecule has 0 atom stereocenters. The van der Waals surface area contributed by atoms with Crippen molar-refractivity contribution in [2.75, 3.05) is 0 Å². The minimum Gasteiger partial charge on any atom is -0.481 e. The summed E-state index contributed by atoms with van der Waals surface area (Å²) in [6.07, 6.45) is 2.14. The Morgan fingerprint density at radius 2 is 1.94 bits per heavy atom. The highest BCUT2D eigenvalue weighted by atomic mass is 32.2. The van der Waals surface area contributed by atoms with Crippen molar-refractivity contribution in [1.29, 1.82) is 0 Å². The number of hydrogen-bond acceptors (Lipinski definition) is 5. The highest BCUT2D eigenvalue weighted by Gasteiger charge is 2.48. The number of hydrogen-bond donors (Lipinski definition) is 1. The zero-order valence-corrected chi connectivity index (χ0v) is 9.70. The second-order valence-electron chi connectivity index (χ2n) is 2.69. The molecular weight excluding hydrogens is 279 g/mol. The fourth-order valence-electron chi connectivity index (χ4n) is 0.570. The Hall–Kier alpha value is -1.84. The summed E-state index contributed by atoms with van der Waals surface area (Å²) >= 11 is 0. The maximum Gasteiger partial charge on any atom is 0.534 e. The zero-order chi connectivity index (χ0) is 14.4. The van der Waals surface area contributed by atoms with Gasteiger partial charge in [0.15, 0.2) is 5.75 Å². The van der Waals surface area contributed by atoms with Crippen LogP contribution in [0.15, 0.2) is 24.5 Å². The van der Waals surface area contributed by atoms with Gasteiger partial charge in [-0.2, -0.15) is 21.6 Å². The molecule has 102 valence electrons. The summed E-state index contributed by atoms with van der Waals surface area (Å²) in [7, 11) is -5.59. The molecule has 0 spiro atoms. The van der Waals surface area contributed by atoms with Gasteiger partial charge in [0.2, 0.25) is 0 Å². The van der Waals surface area contributed by atoms with E-state index < -0.39 is 27.3 Å². The van der Waals surface area contributed by atoms with Gasteiger partial charge in [0.25, 0.3) is 5.97 Å². The Labute approximate surface area is 100 Å². The van der Waals surface area contributed by atoms with Crippen molar-refractivity contribution >= 4 is 16.1 Å². The van der Waals surface area contributed by atoms with Crippen LogP contribution in [0.5, 0.6) is 5.75 Å². The Morgan fingerprint density at radius 1 is 1.44 bits per heavy atom. The standard InChI is InChI=1S/C6H4F3NO3S.C2H4O2/c7-6(8,9)14(11,12)13-5-2-1-3-10-4-5;1-2(3)4/h1-4H;1H3,(H,3,4). The summed E-state index contributed by atoms with van der Waals surface area (Å²) in [6.45, 7) is 1.08. The van der Waals surface area contributed by atoms with Gasteiger partial charge < -0.3 is 9.29 Å². The number of aliphatic carboxylic acids is 1. The first-order valence-electron chi connectivity index (χ1n) is 4.16. The monoisotopic (exact) mass is 287 g/mol. The second-order valence-corrected chi connectivity index (χ2v) is 4.23. The maximum absolute atomic E-state index is 11.8. The molecule has 0 bridgehead atoms. The van der Waals surface area contributed by atoms with Gasteiger partial charge in [0, 0.05) is 13.1 Å². The van der Waals surface area contributed by atoms with Gasteiger partial charge in [0.05, 0.1) is 6.20 Å². The summed E-state index contributed by atoms with van der Waals surface area (Å²) in [6, 6.07) is 2.30. The van der Waals surface area contributed by atoms with Gasteiger partial charge in [-0.15, -0.1) is 0 Å². The van der Waals surface area contributed by atoms with Crippen molar-refractivity contribution < 1.29 is 35.7 Å².